The summed E-state index contributed by atoms with van der Waals surface area (Å²) in [6, 6.07) is 8.53. The van der Waals surface area contributed by atoms with Crippen LogP contribution in [-0.2, 0) is 21.4 Å². The van der Waals surface area contributed by atoms with E-state index in [2.05, 4.69) is 24.3 Å². The molecule has 1 saturated heterocycles. The first-order chi connectivity index (χ1) is 11.0. The zero-order valence-corrected chi connectivity index (χ0v) is 13.5. The van der Waals surface area contributed by atoms with E-state index in [9.17, 15) is 14.7 Å². The molecule has 0 aromatic heterocycles. The van der Waals surface area contributed by atoms with Crippen LogP contribution in [0.15, 0.2) is 24.3 Å². The maximum absolute atomic E-state index is 12.9. The molecule has 1 amide bonds. The number of likely N-dealkylation sites (tertiary alicyclic amines) is 1. The van der Waals surface area contributed by atoms with E-state index in [0.29, 0.717) is 19.5 Å². The molecule has 4 nitrogen and oxygen atoms in total. The first kappa shape index (κ1) is 14.7. The van der Waals surface area contributed by atoms with E-state index < -0.39 is 11.4 Å². The minimum Gasteiger partial charge on any atom is -0.481 e. The van der Waals surface area contributed by atoms with Gasteiger partial charge < -0.3 is 10.0 Å². The fourth-order valence-corrected chi connectivity index (χ4v) is 4.70. The van der Waals surface area contributed by atoms with Crippen molar-refractivity contribution in [3.05, 3.63) is 35.4 Å². The molecule has 1 heterocycles. The molecule has 1 aromatic carbocycles. The number of carboxylic acid groups (broad SMARTS) is 1. The summed E-state index contributed by atoms with van der Waals surface area (Å²) in [6.07, 6.45) is 4.84. The predicted molar refractivity (Wildman–Crippen MR) is 86.1 cm³/mol. The molecule has 1 aromatic rings. The van der Waals surface area contributed by atoms with E-state index in [1.54, 1.807) is 11.8 Å². The van der Waals surface area contributed by atoms with Crippen molar-refractivity contribution in [2.75, 3.05) is 13.1 Å². The molecular formula is C19H23NO3. The maximum Gasteiger partial charge on any atom is 0.311 e. The van der Waals surface area contributed by atoms with Gasteiger partial charge in [0.1, 0.15) is 0 Å². The third-order valence-electron chi connectivity index (χ3n) is 6.30. The highest BCUT2D eigenvalue weighted by Crippen LogP contribution is 2.61. The monoisotopic (exact) mass is 313 g/mol. The van der Waals surface area contributed by atoms with Crippen molar-refractivity contribution in [1.29, 1.82) is 0 Å². The number of benzene rings is 1. The van der Waals surface area contributed by atoms with Crippen molar-refractivity contribution in [1.82, 2.24) is 4.90 Å². The molecule has 1 aliphatic heterocycles. The van der Waals surface area contributed by atoms with E-state index in [1.807, 2.05) is 0 Å². The minimum absolute atomic E-state index is 0.0359. The number of nitrogens with zero attached hydrogens (tertiary/aromatic N) is 1. The van der Waals surface area contributed by atoms with E-state index in [1.165, 1.54) is 11.1 Å². The number of carboxylic acids is 1. The summed E-state index contributed by atoms with van der Waals surface area (Å²) < 4.78 is 0. The number of aliphatic carboxylic acids is 1. The molecule has 4 heteroatoms. The Balaban J connectivity index is 1.54. The van der Waals surface area contributed by atoms with E-state index >= 15 is 0 Å². The predicted octanol–water partition coefficient (Wildman–Crippen LogP) is 2.60. The summed E-state index contributed by atoms with van der Waals surface area (Å²) in [6.45, 7) is 2.69. The lowest BCUT2D eigenvalue weighted by atomic mass is 9.78. The van der Waals surface area contributed by atoms with Gasteiger partial charge in [-0.15, -0.1) is 0 Å². The van der Waals surface area contributed by atoms with Gasteiger partial charge in [-0.25, -0.2) is 0 Å². The van der Waals surface area contributed by atoms with Crippen molar-refractivity contribution < 1.29 is 14.7 Å². The standard InChI is InChI=1S/C19H23NO3/c1-18(17(22)23)9-10-20(12-18)16(21)15-11-19(15)8-4-6-13-5-2-3-7-14(13)19/h2-3,5,7,15H,4,6,8-12H2,1H3,(H,22,23). The highest BCUT2D eigenvalue weighted by atomic mass is 16.4. The Morgan fingerprint density at radius 2 is 2.04 bits per heavy atom. The zero-order valence-electron chi connectivity index (χ0n) is 13.5. The number of hydrogen-bond donors (Lipinski definition) is 1. The van der Waals surface area contributed by atoms with Crippen molar-refractivity contribution in [3.8, 4) is 0 Å². The Labute approximate surface area is 136 Å². The fourth-order valence-electron chi connectivity index (χ4n) is 4.70. The molecule has 23 heavy (non-hydrogen) atoms. The van der Waals surface area contributed by atoms with Crippen molar-refractivity contribution in [2.24, 2.45) is 11.3 Å². The van der Waals surface area contributed by atoms with Crippen molar-refractivity contribution in [2.45, 2.75) is 44.4 Å². The molecule has 3 aliphatic rings. The number of carbonyl (C=O) groups excluding carboxylic acids is 1. The molecule has 0 bridgehead atoms. The number of fused-ring (bicyclic) bond motifs is 2. The fraction of sp³-hybridized carbons (Fsp3) is 0.579. The lowest BCUT2D eigenvalue weighted by molar-refractivity contribution is -0.147. The van der Waals surface area contributed by atoms with Gasteiger partial charge in [-0.05, 0) is 50.2 Å². The highest BCUT2D eigenvalue weighted by molar-refractivity contribution is 5.86. The maximum atomic E-state index is 12.9. The number of hydrogen-bond acceptors (Lipinski definition) is 2. The van der Waals surface area contributed by atoms with Gasteiger partial charge >= 0.3 is 5.97 Å². The van der Waals surface area contributed by atoms with Gasteiger partial charge in [-0.1, -0.05) is 24.3 Å². The Hall–Kier alpha value is -1.84. The Kier molecular flexibility index (Phi) is 3.09. The van der Waals surface area contributed by atoms with E-state index in [4.69, 9.17) is 0 Å². The van der Waals surface area contributed by atoms with E-state index in [0.717, 1.165) is 25.7 Å². The number of carbonyl (C=O) groups is 2. The molecule has 122 valence electrons. The van der Waals surface area contributed by atoms with Gasteiger partial charge in [-0.2, -0.15) is 0 Å². The van der Waals surface area contributed by atoms with Gasteiger partial charge in [0.2, 0.25) is 5.91 Å². The molecule has 4 rings (SSSR count). The second-order valence-corrected chi connectivity index (χ2v) is 7.80. The first-order valence-electron chi connectivity index (χ1n) is 8.57. The van der Waals surface area contributed by atoms with Gasteiger partial charge in [0.05, 0.1) is 5.41 Å². The van der Waals surface area contributed by atoms with Crippen LogP contribution in [0.3, 0.4) is 0 Å². The quantitative estimate of drug-likeness (QED) is 0.913. The van der Waals surface area contributed by atoms with Crippen LogP contribution in [0.4, 0.5) is 0 Å². The molecule has 3 unspecified atom stereocenters. The Morgan fingerprint density at radius 1 is 1.26 bits per heavy atom. The summed E-state index contributed by atoms with van der Waals surface area (Å²) >= 11 is 0. The third-order valence-corrected chi connectivity index (χ3v) is 6.30. The molecule has 2 fully saturated rings. The van der Waals surface area contributed by atoms with Gasteiger partial charge in [0.15, 0.2) is 0 Å². The summed E-state index contributed by atoms with van der Waals surface area (Å²) in [5.74, 6) is -0.562. The van der Waals surface area contributed by atoms with Crippen LogP contribution in [0.2, 0.25) is 0 Å². The SMILES string of the molecule is CC1(C(=O)O)CCN(C(=O)C2CC23CCCc2ccccc23)C1. The van der Waals surface area contributed by atoms with E-state index in [-0.39, 0.29) is 17.2 Å². The molecule has 1 spiro atoms. The molecule has 3 atom stereocenters. The number of amides is 1. The number of rotatable bonds is 2. The average Bonchev–Trinajstić information content (AvgIpc) is 3.10. The van der Waals surface area contributed by atoms with Crippen LogP contribution in [0.5, 0.6) is 0 Å². The second kappa shape index (κ2) is 4.83. The number of aryl methyl sites for hydroxylation is 1. The van der Waals surface area contributed by atoms with Crippen LogP contribution in [0.1, 0.15) is 43.7 Å². The molecule has 1 N–H and O–H groups in total. The first-order valence-corrected chi connectivity index (χ1v) is 8.57. The smallest absolute Gasteiger partial charge is 0.311 e. The molecule has 0 radical (unpaired) electrons. The normalized spacial score (nSPS) is 35.2. The Morgan fingerprint density at radius 3 is 2.78 bits per heavy atom. The van der Waals surface area contributed by atoms with Crippen LogP contribution >= 0.6 is 0 Å². The summed E-state index contributed by atoms with van der Waals surface area (Å²) in [4.78, 5) is 26.1. The van der Waals surface area contributed by atoms with Crippen LogP contribution in [0, 0.1) is 11.3 Å². The lowest BCUT2D eigenvalue weighted by Gasteiger charge is -2.28. The largest absolute Gasteiger partial charge is 0.481 e. The van der Waals surface area contributed by atoms with Crippen molar-refractivity contribution in [3.63, 3.8) is 0 Å². The van der Waals surface area contributed by atoms with Crippen LogP contribution in [-0.4, -0.2) is 35.0 Å². The summed E-state index contributed by atoms with van der Waals surface area (Å²) in [7, 11) is 0. The van der Waals surface area contributed by atoms with Crippen LogP contribution in [0.25, 0.3) is 0 Å². The average molecular weight is 313 g/mol. The third kappa shape index (κ3) is 2.11. The Bertz CT molecular complexity index is 685. The lowest BCUT2D eigenvalue weighted by Crippen LogP contribution is -2.37. The summed E-state index contributed by atoms with van der Waals surface area (Å²) in [5.41, 5.74) is 2.02. The minimum atomic E-state index is -0.790. The molecule has 2 aliphatic carbocycles. The van der Waals surface area contributed by atoms with Gasteiger partial charge in [0.25, 0.3) is 0 Å². The van der Waals surface area contributed by atoms with Crippen molar-refractivity contribution >= 4 is 11.9 Å². The van der Waals surface area contributed by atoms with Gasteiger partial charge in [-0.3, -0.25) is 9.59 Å². The summed E-state index contributed by atoms with van der Waals surface area (Å²) in [5, 5.41) is 9.36. The highest BCUT2D eigenvalue weighted by Gasteiger charge is 2.61. The second-order valence-electron chi connectivity index (χ2n) is 7.80. The molecular weight excluding hydrogens is 290 g/mol. The topological polar surface area (TPSA) is 57.6 Å². The van der Waals surface area contributed by atoms with Gasteiger partial charge in [0, 0.05) is 24.4 Å². The van der Waals surface area contributed by atoms with Crippen LogP contribution < -0.4 is 0 Å². The molecule has 1 saturated carbocycles. The zero-order chi connectivity index (χ0) is 16.2.